The second kappa shape index (κ2) is 11.2. The molecule has 0 unspecified atom stereocenters. The van der Waals surface area contributed by atoms with Gasteiger partial charge in [0.2, 0.25) is 0 Å². The summed E-state index contributed by atoms with van der Waals surface area (Å²) in [6.45, 7) is 0. The first-order chi connectivity index (χ1) is 25.8. The van der Waals surface area contributed by atoms with E-state index in [1.807, 2.05) is 30.3 Å². The van der Waals surface area contributed by atoms with E-state index in [1.165, 1.54) is 10.8 Å². The van der Waals surface area contributed by atoms with Crippen LogP contribution in [-0.4, -0.2) is 19.5 Å². The van der Waals surface area contributed by atoms with Crippen LogP contribution in [0.3, 0.4) is 0 Å². The summed E-state index contributed by atoms with van der Waals surface area (Å²) in [5.41, 5.74) is 7.82. The maximum Gasteiger partial charge on any atom is 0.164 e. The molecule has 11 aromatic rings. The maximum absolute atomic E-state index is 6.72. The molecule has 0 atom stereocenters. The molecule has 242 valence electrons. The Balaban J connectivity index is 1.20. The molecule has 0 aliphatic carbocycles. The van der Waals surface area contributed by atoms with Gasteiger partial charge in [0.05, 0.1) is 11.0 Å². The molecule has 0 radical (unpaired) electrons. The lowest BCUT2D eigenvalue weighted by molar-refractivity contribution is 0.673. The van der Waals surface area contributed by atoms with E-state index in [2.05, 4.69) is 144 Å². The molecular weight excluding hydrogens is 637 g/mol. The van der Waals surface area contributed by atoms with Crippen LogP contribution in [0.2, 0.25) is 0 Å². The summed E-state index contributed by atoms with van der Waals surface area (Å²) in [6, 6.07) is 59.0. The predicted molar refractivity (Wildman–Crippen MR) is 213 cm³/mol. The SMILES string of the molecule is c1ccc(-c2nc(-c3ccc4c(c3)c3ccccc3n4-c3ccccc3)nc(-c3cc4ccc5ccccc5c4c4oc5ccccc5c34)n2)cc1. The first-order valence-corrected chi connectivity index (χ1v) is 17.5. The normalized spacial score (nSPS) is 11.8. The molecule has 0 aliphatic rings. The summed E-state index contributed by atoms with van der Waals surface area (Å²) in [5, 5.41) is 8.82. The minimum atomic E-state index is 0.599. The Kier molecular flexibility index (Phi) is 6.18. The minimum Gasteiger partial charge on any atom is -0.455 e. The van der Waals surface area contributed by atoms with Crippen molar-refractivity contribution in [3.05, 3.63) is 170 Å². The molecule has 11 rings (SSSR count). The first-order valence-electron chi connectivity index (χ1n) is 17.5. The van der Waals surface area contributed by atoms with Crippen molar-refractivity contribution in [3.63, 3.8) is 0 Å². The van der Waals surface area contributed by atoms with E-state index in [9.17, 15) is 0 Å². The van der Waals surface area contributed by atoms with Crippen LogP contribution < -0.4 is 0 Å². The second-order valence-corrected chi connectivity index (χ2v) is 13.2. The van der Waals surface area contributed by atoms with E-state index in [-0.39, 0.29) is 0 Å². The van der Waals surface area contributed by atoms with Crippen LogP contribution in [0.1, 0.15) is 0 Å². The van der Waals surface area contributed by atoms with Gasteiger partial charge in [-0.1, -0.05) is 121 Å². The van der Waals surface area contributed by atoms with Gasteiger partial charge in [-0.3, -0.25) is 0 Å². The highest BCUT2D eigenvalue weighted by Crippen LogP contribution is 2.43. The summed E-state index contributed by atoms with van der Waals surface area (Å²) in [7, 11) is 0. The van der Waals surface area contributed by atoms with Crippen LogP contribution in [0.5, 0.6) is 0 Å². The monoisotopic (exact) mass is 664 g/mol. The van der Waals surface area contributed by atoms with Gasteiger partial charge in [-0.2, -0.15) is 0 Å². The molecule has 5 heteroatoms. The number of nitrogens with zero attached hydrogens (tertiary/aromatic N) is 4. The summed E-state index contributed by atoms with van der Waals surface area (Å²) in [4.78, 5) is 15.6. The van der Waals surface area contributed by atoms with Gasteiger partial charge < -0.3 is 8.98 Å². The molecule has 52 heavy (non-hydrogen) atoms. The lowest BCUT2D eigenvalue weighted by Crippen LogP contribution is -2.01. The zero-order valence-electron chi connectivity index (χ0n) is 27.9. The zero-order chi connectivity index (χ0) is 34.2. The second-order valence-electron chi connectivity index (χ2n) is 13.2. The zero-order valence-corrected chi connectivity index (χ0v) is 27.9. The summed E-state index contributed by atoms with van der Waals surface area (Å²) < 4.78 is 9.04. The Morgan fingerprint density at radius 1 is 0.404 bits per heavy atom. The topological polar surface area (TPSA) is 56.7 Å². The Hall–Kier alpha value is -7.11. The molecule has 3 heterocycles. The number of furan rings is 1. The van der Waals surface area contributed by atoms with Crippen molar-refractivity contribution in [1.29, 1.82) is 0 Å². The highest BCUT2D eigenvalue weighted by Gasteiger charge is 2.22. The molecule has 0 N–H and O–H groups in total. The fourth-order valence-corrected chi connectivity index (χ4v) is 7.86. The standard InChI is InChI=1S/C47H28N4O/c1-3-14-30(15-4-1)45-48-46(32-25-26-40-37(28-32)35-19-9-11-21-39(35)51(40)33-16-5-2-6-17-33)50-47(49-45)38-27-31-24-23-29-13-7-8-18-34(29)42(31)44-43(38)36-20-10-12-22-41(36)52-44/h1-28H. The van der Waals surface area contributed by atoms with Crippen molar-refractivity contribution < 1.29 is 4.42 Å². The Morgan fingerprint density at radius 3 is 1.88 bits per heavy atom. The third-order valence-corrected chi connectivity index (χ3v) is 10.2. The summed E-state index contributed by atoms with van der Waals surface area (Å²) in [6.07, 6.45) is 0. The van der Waals surface area contributed by atoms with E-state index in [1.54, 1.807) is 0 Å². The lowest BCUT2D eigenvalue weighted by Gasteiger charge is -2.12. The van der Waals surface area contributed by atoms with Crippen LogP contribution in [0.25, 0.3) is 105 Å². The third-order valence-electron chi connectivity index (χ3n) is 10.2. The Bertz CT molecular complexity index is 3180. The molecule has 0 aliphatic heterocycles. The van der Waals surface area contributed by atoms with Crippen LogP contribution in [0.4, 0.5) is 0 Å². The van der Waals surface area contributed by atoms with E-state index >= 15 is 0 Å². The number of benzene rings is 8. The molecule has 5 nitrogen and oxygen atoms in total. The van der Waals surface area contributed by atoms with Gasteiger partial charge in [0.15, 0.2) is 17.5 Å². The molecule has 8 aromatic carbocycles. The van der Waals surface area contributed by atoms with Gasteiger partial charge in [0.25, 0.3) is 0 Å². The number of rotatable bonds is 4. The molecule has 0 saturated carbocycles. The van der Waals surface area contributed by atoms with Crippen molar-refractivity contribution in [1.82, 2.24) is 19.5 Å². The number of hydrogen-bond acceptors (Lipinski definition) is 4. The molecule has 3 aromatic heterocycles. The van der Waals surface area contributed by atoms with E-state index in [0.717, 1.165) is 76.9 Å². The smallest absolute Gasteiger partial charge is 0.164 e. The van der Waals surface area contributed by atoms with Crippen molar-refractivity contribution in [2.75, 3.05) is 0 Å². The lowest BCUT2D eigenvalue weighted by atomic mass is 9.95. The van der Waals surface area contributed by atoms with Crippen molar-refractivity contribution >= 4 is 65.3 Å². The van der Waals surface area contributed by atoms with Gasteiger partial charge >= 0.3 is 0 Å². The number of aromatic nitrogens is 4. The highest BCUT2D eigenvalue weighted by atomic mass is 16.3. The highest BCUT2D eigenvalue weighted by molar-refractivity contribution is 6.26. The molecule has 0 saturated heterocycles. The number of hydrogen-bond donors (Lipinski definition) is 0. The molecule has 0 amide bonds. The van der Waals surface area contributed by atoms with Crippen molar-refractivity contribution in [3.8, 4) is 39.9 Å². The van der Waals surface area contributed by atoms with Crippen molar-refractivity contribution in [2.45, 2.75) is 0 Å². The average molecular weight is 665 g/mol. The van der Waals surface area contributed by atoms with Crippen LogP contribution >= 0.6 is 0 Å². The van der Waals surface area contributed by atoms with Crippen LogP contribution in [0.15, 0.2) is 174 Å². The van der Waals surface area contributed by atoms with Crippen molar-refractivity contribution in [2.24, 2.45) is 0 Å². The predicted octanol–water partition coefficient (Wildman–Crippen LogP) is 12.2. The molecule has 0 spiro atoms. The number of fused-ring (bicyclic) bond motifs is 10. The minimum absolute atomic E-state index is 0.599. The molecular formula is C47H28N4O. The molecule has 0 fully saturated rings. The van der Waals surface area contributed by atoms with Crippen LogP contribution in [-0.2, 0) is 0 Å². The maximum atomic E-state index is 6.72. The summed E-state index contributed by atoms with van der Waals surface area (Å²) >= 11 is 0. The third kappa shape index (κ3) is 4.33. The summed E-state index contributed by atoms with van der Waals surface area (Å²) in [5.74, 6) is 1.83. The van der Waals surface area contributed by atoms with E-state index < -0.39 is 0 Å². The first kappa shape index (κ1) is 28.7. The Labute approximate surface area is 298 Å². The van der Waals surface area contributed by atoms with Gasteiger partial charge in [-0.15, -0.1) is 0 Å². The average Bonchev–Trinajstić information content (AvgIpc) is 3.77. The fraction of sp³-hybridized carbons (Fsp3) is 0. The number of para-hydroxylation sites is 3. The fourth-order valence-electron chi connectivity index (χ4n) is 7.86. The van der Waals surface area contributed by atoms with E-state index in [0.29, 0.717) is 17.5 Å². The quantitative estimate of drug-likeness (QED) is 0.176. The largest absolute Gasteiger partial charge is 0.455 e. The van der Waals surface area contributed by atoms with Gasteiger partial charge in [0, 0.05) is 49.3 Å². The van der Waals surface area contributed by atoms with Gasteiger partial charge in [-0.05, 0) is 64.7 Å². The Morgan fingerprint density at radius 2 is 1.04 bits per heavy atom. The van der Waals surface area contributed by atoms with E-state index in [4.69, 9.17) is 19.4 Å². The van der Waals surface area contributed by atoms with Gasteiger partial charge in [-0.25, -0.2) is 15.0 Å². The van der Waals surface area contributed by atoms with Crippen LogP contribution in [0, 0.1) is 0 Å². The molecule has 0 bridgehead atoms. The van der Waals surface area contributed by atoms with Gasteiger partial charge in [0.1, 0.15) is 11.2 Å².